The third-order valence-electron chi connectivity index (χ3n) is 2.36. The Morgan fingerprint density at radius 1 is 1.38 bits per heavy atom. The van der Waals surface area contributed by atoms with Crippen LogP contribution in [0.4, 0.5) is 8.78 Å². The number of rotatable bonds is 5. The topological polar surface area (TPSA) is 3.24 Å². The molecule has 1 unspecified atom stereocenters. The van der Waals surface area contributed by atoms with Crippen LogP contribution in [0.25, 0.3) is 0 Å². The van der Waals surface area contributed by atoms with Crippen molar-refractivity contribution in [3.63, 3.8) is 0 Å². The van der Waals surface area contributed by atoms with Crippen LogP contribution in [0.5, 0.6) is 0 Å². The van der Waals surface area contributed by atoms with Crippen molar-refractivity contribution in [2.45, 2.75) is 24.7 Å². The molecule has 0 saturated carbocycles. The van der Waals surface area contributed by atoms with E-state index in [4.69, 9.17) is 0 Å². The van der Waals surface area contributed by atoms with Gasteiger partial charge in [0, 0.05) is 23.0 Å². The third-order valence-corrected chi connectivity index (χ3v) is 2.82. The molecule has 0 heterocycles. The minimum atomic E-state index is -0.530. The highest BCUT2D eigenvalue weighted by Crippen LogP contribution is 2.12. The molecule has 1 rings (SSSR count). The van der Waals surface area contributed by atoms with Crippen LogP contribution >= 0.6 is 15.9 Å². The summed E-state index contributed by atoms with van der Waals surface area (Å²) < 4.78 is 26.0. The molecule has 0 aliphatic rings. The van der Waals surface area contributed by atoms with E-state index in [0.29, 0.717) is 16.9 Å². The van der Waals surface area contributed by atoms with Crippen molar-refractivity contribution >= 4 is 15.9 Å². The van der Waals surface area contributed by atoms with Gasteiger partial charge >= 0.3 is 0 Å². The maximum absolute atomic E-state index is 13.3. The van der Waals surface area contributed by atoms with Crippen LogP contribution in [0.1, 0.15) is 18.9 Å². The average molecular weight is 292 g/mol. The molecular formula is C12H16BrF2N. The van der Waals surface area contributed by atoms with Gasteiger partial charge in [-0.3, -0.25) is 0 Å². The SMILES string of the molecule is CC(Br)CCN(C)Cc1ccc(F)cc1F. The Bertz CT molecular complexity index is 342. The molecule has 1 aromatic carbocycles. The molecule has 0 amide bonds. The number of hydrogen-bond acceptors (Lipinski definition) is 1. The summed E-state index contributed by atoms with van der Waals surface area (Å²) in [5.74, 6) is -1.00. The monoisotopic (exact) mass is 291 g/mol. The fourth-order valence-corrected chi connectivity index (χ4v) is 1.62. The molecule has 0 saturated heterocycles. The second kappa shape index (κ2) is 6.30. The van der Waals surface area contributed by atoms with Gasteiger partial charge in [0.15, 0.2) is 0 Å². The highest BCUT2D eigenvalue weighted by atomic mass is 79.9. The molecule has 0 spiro atoms. The standard InChI is InChI=1S/C12H16BrF2N/c1-9(13)5-6-16(2)8-10-3-4-11(14)7-12(10)15/h3-4,7,9H,5-6,8H2,1-2H3. The van der Waals surface area contributed by atoms with Gasteiger partial charge in [0.1, 0.15) is 11.6 Å². The van der Waals surface area contributed by atoms with E-state index in [1.165, 1.54) is 12.1 Å². The number of hydrogen-bond donors (Lipinski definition) is 0. The van der Waals surface area contributed by atoms with Gasteiger partial charge in [-0.25, -0.2) is 8.78 Å². The van der Waals surface area contributed by atoms with Gasteiger partial charge in [0.25, 0.3) is 0 Å². The predicted octanol–water partition coefficient (Wildman–Crippen LogP) is 3.57. The summed E-state index contributed by atoms with van der Waals surface area (Å²) in [7, 11) is 1.93. The Labute approximate surface area is 104 Å². The van der Waals surface area contributed by atoms with E-state index in [0.717, 1.165) is 19.0 Å². The van der Waals surface area contributed by atoms with E-state index in [1.54, 1.807) is 0 Å². The first-order valence-corrected chi connectivity index (χ1v) is 6.17. The van der Waals surface area contributed by atoms with Crippen LogP contribution in [0, 0.1) is 11.6 Å². The maximum Gasteiger partial charge on any atom is 0.130 e. The lowest BCUT2D eigenvalue weighted by Gasteiger charge is -2.17. The van der Waals surface area contributed by atoms with Crippen molar-refractivity contribution in [3.05, 3.63) is 35.4 Å². The fourth-order valence-electron chi connectivity index (χ4n) is 1.42. The first-order chi connectivity index (χ1) is 7.49. The predicted molar refractivity (Wildman–Crippen MR) is 65.7 cm³/mol. The van der Waals surface area contributed by atoms with Crippen LogP contribution < -0.4 is 0 Å². The lowest BCUT2D eigenvalue weighted by molar-refractivity contribution is 0.317. The van der Waals surface area contributed by atoms with E-state index >= 15 is 0 Å². The quantitative estimate of drug-likeness (QED) is 0.750. The van der Waals surface area contributed by atoms with Gasteiger partial charge in [-0.15, -0.1) is 0 Å². The lowest BCUT2D eigenvalue weighted by atomic mass is 10.2. The van der Waals surface area contributed by atoms with Crippen LogP contribution in [0.2, 0.25) is 0 Å². The normalized spacial score (nSPS) is 13.1. The van der Waals surface area contributed by atoms with Crippen LogP contribution in [-0.2, 0) is 6.54 Å². The molecular weight excluding hydrogens is 276 g/mol. The second-order valence-corrected chi connectivity index (χ2v) is 5.61. The molecule has 0 aromatic heterocycles. The van der Waals surface area contributed by atoms with Gasteiger partial charge in [0.2, 0.25) is 0 Å². The first kappa shape index (κ1) is 13.6. The molecule has 1 nitrogen and oxygen atoms in total. The Kier molecular flexibility index (Phi) is 5.35. The molecule has 0 aliphatic carbocycles. The van der Waals surface area contributed by atoms with Crippen molar-refractivity contribution in [2.24, 2.45) is 0 Å². The highest BCUT2D eigenvalue weighted by molar-refractivity contribution is 9.09. The summed E-state index contributed by atoms with van der Waals surface area (Å²) in [5.41, 5.74) is 0.533. The molecule has 4 heteroatoms. The van der Waals surface area contributed by atoms with E-state index in [1.807, 2.05) is 11.9 Å². The van der Waals surface area contributed by atoms with E-state index < -0.39 is 11.6 Å². The number of halogens is 3. The molecule has 1 atom stereocenters. The van der Waals surface area contributed by atoms with Gasteiger partial charge in [-0.1, -0.05) is 28.9 Å². The van der Waals surface area contributed by atoms with E-state index in [-0.39, 0.29) is 0 Å². The van der Waals surface area contributed by atoms with Gasteiger partial charge in [-0.2, -0.15) is 0 Å². The zero-order chi connectivity index (χ0) is 12.1. The molecule has 0 fully saturated rings. The van der Waals surface area contributed by atoms with E-state index in [2.05, 4.69) is 22.9 Å². The van der Waals surface area contributed by atoms with Crippen molar-refractivity contribution in [3.8, 4) is 0 Å². The Morgan fingerprint density at radius 3 is 2.62 bits per heavy atom. The van der Waals surface area contributed by atoms with Crippen molar-refractivity contribution in [1.29, 1.82) is 0 Å². The summed E-state index contributed by atoms with van der Waals surface area (Å²) in [6, 6.07) is 3.72. The zero-order valence-electron chi connectivity index (χ0n) is 9.51. The number of benzene rings is 1. The summed E-state index contributed by atoms with van der Waals surface area (Å²) in [6.45, 7) is 3.46. The molecule has 90 valence electrons. The van der Waals surface area contributed by atoms with Crippen LogP contribution in [0.15, 0.2) is 18.2 Å². The maximum atomic E-state index is 13.3. The summed E-state index contributed by atoms with van der Waals surface area (Å²) in [5, 5.41) is 0. The van der Waals surface area contributed by atoms with E-state index in [9.17, 15) is 8.78 Å². The summed E-state index contributed by atoms with van der Waals surface area (Å²) in [4.78, 5) is 2.47. The fraction of sp³-hybridized carbons (Fsp3) is 0.500. The zero-order valence-corrected chi connectivity index (χ0v) is 11.1. The molecule has 0 bridgehead atoms. The van der Waals surface area contributed by atoms with Crippen LogP contribution in [0.3, 0.4) is 0 Å². The number of nitrogens with zero attached hydrogens (tertiary/aromatic N) is 1. The van der Waals surface area contributed by atoms with Gasteiger partial charge < -0.3 is 4.90 Å². The molecule has 0 radical (unpaired) electrons. The molecule has 0 aliphatic heterocycles. The van der Waals surface area contributed by atoms with Crippen molar-refractivity contribution in [1.82, 2.24) is 4.90 Å². The highest BCUT2D eigenvalue weighted by Gasteiger charge is 2.07. The lowest BCUT2D eigenvalue weighted by Crippen LogP contribution is -2.21. The Hall–Kier alpha value is -0.480. The third kappa shape index (κ3) is 4.58. The van der Waals surface area contributed by atoms with Gasteiger partial charge in [0.05, 0.1) is 0 Å². The summed E-state index contributed by atoms with van der Waals surface area (Å²) in [6.07, 6.45) is 0.999. The van der Waals surface area contributed by atoms with Gasteiger partial charge in [-0.05, 0) is 26.1 Å². The first-order valence-electron chi connectivity index (χ1n) is 5.25. The number of alkyl halides is 1. The average Bonchev–Trinajstić information content (AvgIpc) is 2.19. The second-order valence-electron chi connectivity index (χ2n) is 4.04. The molecule has 16 heavy (non-hydrogen) atoms. The Balaban J connectivity index is 2.52. The molecule has 1 aromatic rings. The largest absolute Gasteiger partial charge is 0.302 e. The minimum Gasteiger partial charge on any atom is -0.302 e. The smallest absolute Gasteiger partial charge is 0.130 e. The van der Waals surface area contributed by atoms with Crippen molar-refractivity contribution < 1.29 is 8.78 Å². The van der Waals surface area contributed by atoms with Crippen LogP contribution in [-0.4, -0.2) is 23.3 Å². The Morgan fingerprint density at radius 2 is 2.06 bits per heavy atom. The minimum absolute atomic E-state index is 0.452. The summed E-state index contributed by atoms with van der Waals surface area (Å²) >= 11 is 3.46. The van der Waals surface area contributed by atoms with Crippen molar-refractivity contribution in [2.75, 3.05) is 13.6 Å². The molecule has 0 N–H and O–H groups in total.